The molecule has 1 saturated heterocycles. The van der Waals surface area contributed by atoms with E-state index in [0.29, 0.717) is 5.69 Å². The van der Waals surface area contributed by atoms with Crippen LogP contribution in [0.15, 0.2) is 47.1 Å². The van der Waals surface area contributed by atoms with Crippen LogP contribution in [0.2, 0.25) is 0 Å². The molecule has 6 heteroatoms. The van der Waals surface area contributed by atoms with Gasteiger partial charge in [0.1, 0.15) is 0 Å². The number of benzene rings is 1. The molecule has 0 atom stereocenters. The highest BCUT2D eigenvalue weighted by Crippen LogP contribution is 2.21. The van der Waals surface area contributed by atoms with Gasteiger partial charge in [0.25, 0.3) is 5.91 Å². The predicted octanol–water partition coefficient (Wildman–Crippen LogP) is 2.25. The van der Waals surface area contributed by atoms with E-state index in [2.05, 4.69) is 15.5 Å². The zero-order valence-corrected chi connectivity index (χ0v) is 12.7. The Hall–Kier alpha value is -2.76. The van der Waals surface area contributed by atoms with Crippen LogP contribution in [0.4, 0.5) is 11.4 Å². The number of carbonyl (C=O) groups is 2. The lowest BCUT2D eigenvalue weighted by atomic mass is 10.2. The van der Waals surface area contributed by atoms with Crippen LogP contribution < -0.4 is 15.5 Å². The molecule has 0 aliphatic carbocycles. The maximum absolute atomic E-state index is 11.9. The summed E-state index contributed by atoms with van der Waals surface area (Å²) in [5, 5.41) is 5.27. The average molecular weight is 313 g/mol. The van der Waals surface area contributed by atoms with E-state index in [1.807, 2.05) is 24.3 Å². The van der Waals surface area contributed by atoms with Gasteiger partial charge in [0.05, 0.1) is 12.8 Å². The van der Waals surface area contributed by atoms with Crippen molar-refractivity contribution in [1.29, 1.82) is 0 Å². The molecule has 0 saturated carbocycles. The van der Waals surface area contributed by atoms with Gasteiger partial charge in [-0.2, -0.15) is 0 Å². The lowest BCUT2D eigenvalue weighted by Crippen LogP contribution is -2.32. The molecule has 23 heavy (non-hydrogen) atoms. The first-order chi connectivity index (χ1) is 11.2. The highest BCUT2D eigenvalue weighted by atomic mass is 16.3. The van der Waals surface area contributed by atoms with Gasteiger partial charge in [0, 0.05) is 24.5 Å². The Bertz CT molecular complexity index is 659. The average Bonchev–Trinajstić information content (AvgIpc) is 3.26. The molecular formula is C17H19N3O3. The molecule has 2 N–H and O–H groups in total. The third kappa shape index (κ3) is 3.91. The molecule has 1 fully saturated rings. The van der Waals surface area contributed by atoms with E-state index >= 15 is 0 Å². The van der Waals surface area contributed by atoms with Gasteiger partial charge in [-0.25, -0.2) is 0 Å². The fourth-order valence-corrected chi connectivity index (χ4v) is 2.59. The van der Waals surface area contributed by atoms with Gasteiger partial charge in [-0.05, 0) is 49.2 Å². The van der Waals surface area contributed by atoms with E-state index < -0.39 is 5.91 Å². The van der Waals surface area contributed by atoms with Gasteiger partial charge in [0.15, 0.2) is 5.76 Å². The topological polar surface area (TPSA) is 74.6 Å². The first-order valence-corrected chi connectivity index (χ1v) is 7.69. The highest BCUT2D eigenvalue weighted by molar-refractivity contribution is 5.98. The summed E-state index contributed by atoms with van der Waals surface area (Å²) in [5.41, 5.74) is 1.89. The van der Waals surface area contributed by atoms with Crippen LogP contribution in [-0.2, 0) is 4.79 Å². The quantitative estimate of drug-likeness (QED) is 0.888. The van der Waals surface area contributed by atoms with E-state index in [4.69, 9.17) is 4.42 Å². The van der Waals surface area contributed by atoms with Crippen molar-refractivity contribution in [2.75, 3.05) is 29.9 Å². The molecule has 1 aliphatic heterocycles. The van der Waals surface area contributed by atoms with E-state index in [1.54, 1.807) is 12.1 Å². The number of rotatable bonds is 5. The number of amides is 2. The van der Waals surface area contributed by atoms with E-state index in [9.17, 15) is 9.59 Å². The summed E-state index contributed by atoms with van der Waals surface area (Å²) in [4.78, 5) is 25.9. The maximum atomic E-state index is 11.9. The number of carbonyl (C=O) groups excluding carboxylic acids is 2. The Morgan fingerprint density at radius 1 is 1.09 bits per heavy atom. The minimum absolute atomic E-state index is 0.104. The molecule has 0 spiro atoms. The number of furan rings is 1. The van der Waals surface area contributed by atoms with Crippen molar-refractivity contribution in [2.45, 2.75) is 12.8 Å². The second-order valence-corrected chi connectivity index (χ2v) is 5.45. The molecular weight excluding hydrogens is 294 g/mol. The summed E-state index contributed by atoms with van der Waals surface area (Å²) in [6.07, 6.45) is 3.87. The summed E-state index contributed by atoms with van der Waals surface area (Å²) in [6.45, 7) is 2.07. The molecule has 1 aromatic heterocycles. The third-order valence-electron chi connectivity index (χ3n) is 3.78. The highest BCUT2D eigenvalue weighted by Gasteiger charge is 2.13. The largest absolute Gasteiger partial charge is 0.459 e. The molecule has 6 nitrogen and oxygen atoms in total. The van der Waals surface area contributed by atoms with Crippen molar-refractivity contribution in [3.8, 4) is 0 Å². The summed E-state index contributed by atoms with van der Waals surface area (Å²) in [7, 11) is 0. The first kappa shape index (κ1) is 15.1. The van der Waals surface area contributed by atoms with Crippen molar-refractivity contribution < 1.29 is 14.0 Å². The molecule has 1 aliphatic rings. The van der Waals surface area contributed by atoms with Gasteiger partial charge in [-0.1, -0.05) is 0 Å². The number of anilines is 2. The Morgan fingerprint density at radius 2 is 1.83 bits per heavy atom. The number of hydrogen-bond acceptors (Lipinski definition) is 4. The van der Waals surface area contributed by atoms with Crippen LogP contribution in [0.25, 0.3) is 0 Å². The molecule has 3 rings (SSSR count). The summed E-state index contributed by atoms with van der Waals surface area (Å²) >= 11 is 0. The molecule has 2 heterocycles. The molecule has 0 radical (unpaired) electrons. The normalized spacial score (nSPS) is 13.8. The summed E-state index contributed by atoms with van der Waals surface area (Å²) in [5.74, 6) is -0.499. The Labute approximate surface area is 134 Å². The zero-order chi connectivity index (χ0) is 16.1. The van der Waals surface area contributed by atoms with Gasteiger partial charge < -0.3 is 20.0 Å². The summed E-state index contributed by atoms with van der Waals surface area (Å²) in [6, 6.07) is 10.9. The smallest absolute Gasteiger partial charge is 0.287 e. The van der Waals surface area contributed by atoms with Crippen molar-refractivity contribution in [3.63, 3.8) is 0 Å². The lowest BCUT2D eigenvalue weighted by molar-refractivity contribution is -0.115. The number of nitrogens with one attached hydrogen (secondary N) is 2. The molecule has 0 unspecified atom stereocenters. The van der Waals surface area contributed by atoms with Crippen LogP contribution >= 0.6 is 0 Å². The van der Waals surface area contributed by atoms with Crippen LogP contribution in [0.1, 0.15) is 23.4 Å². The fourth-order valence-electron chi connectivity index (χ4n) is 2.59. The number of nitrogens with zero attached hydrogens (tertiary/aromatic N) is 1. The fraction of sp³-hybridized carbons (Fsp3) is 0.294. The van der Waals surface area contributed by atoms with Gasteiger partial charge in [-0.3, -0.25) is 9.59 Å². The SMILES string of the molecule is O=C(CNC(=O)c1ccco1)Nc1ccc(N2CCCC2)cc1. The van der Waals surface area contributed by atoms with E-state index in [1.165, 1.54) is 24.8 Å². The molecule has 2 aromatic rings. The van der Waals surface area contributed by atoms with Crippen LogP contribution in [0, 0.1) is 0 Å². The van der Waals surface area contributed by atoms with Crippen molar-refractivity contribution in [1.82, 2.24) is 5.32 Å². The van der Waals surface area contributed by atoms with Crippen molar-refractivity contribution >= 4 is 23.2 Å². The van der Waals surface area contributed by atoms with Crippen molar-refractivity contribution in [2.24, 2.45) is 0 Å². The van der Waals surface area contributed by atoms with Crippen LogP contribution in [0.5, 0.6) is 0 Å². The molecule has 120 valence electrons. The van der Waals surface area contributed by atoms with Crippen LogP contribution in [-0.4, -0.2) is 31.4 Å². The third-order valence-corrected chi connectivity index (χ3v) is 3.78. The molecule has 2 amide bonds. The summed E-state index contributed by atoms with van der Waals surface area (Å²) < 4.78 is 4.96. The van der Waals surface area contributed by atoms with E-state index in [0.717, 1.165) is 13.1 Å². The van der Waals surface area contributed by atoms with Gasteiger partial charge >= 0.3 is 0 Å². The Kier molecular flexibility index (Phi) is 4.61. The standard InChI is InChI=1S/C17H19N3O3/c21-16(12-18-17(22)15-4-3-11-23-15)19-13-5-7-14(8-6-13)20-9-1-2-10-20/h3-8,11H,1-2,9-10,12H2,(H,18,22)(H,19,21). The number of hydrogen-bond donors (Lipinski definition) is 2. The van der Waals surface area contributed by atoms with Gasteiger partial charge in [-0.15, -0.1) is 0 Å². The minimum Gasteiger partial charge on any atom is -0.459 e. The van der Waals surface area contributed by atoms with Crippen LogP contribution in [0.3, 0.4) is 0 Å². The molecule has 0 bridgehead atoms. The Morgan fingerprint density at radius 3 is 2.48 bits per heavy atom. The monoisotopic (exact) mass is 313 g/mol. The van der Waals surface area contributed by atoms with Gasteiger partial charge in [0.2, 0.25) is 5.91 Å². The van der Waals surface area contributed by atoms with Crippen molar-refractivity contribution in [3.05, 3.63) is 48.4 Å². The second kappa shape index (κ2) is 7.00. The maximum Gasteiger partial charge on any atom is 0.287 e. The predicted molar refractivity (Wildman–Crippen MR) is 87.6 cm³/mol. The second-order valence-electron chi connectivity index (χ2n) is 5.45. The minimum atomic E-state index is -0.408. The molecule has 1 aromatic carbocycles. The lowest BCUT2D eigenvalue weighted by Gasteiger charge is -2.17. The van der Waals surface area contributed by atoms with E-state index in [-0.39, 0.29) is 18.2 Å². The first-order valence-electron chi connectivity index (χ1n) is 7.69. The zero-order valence-electron chi connectivity index (χ0n) is 12.7. The Balaban J connectivity index is 1.48.